The van der Waals surface area contributed by atoms with Gasteiger partial charge in [0.05, 0.1) is 16.8 Å². The molecule has 6 rings (SSSR count). The molecule has 4 saturated carbocycles. The molecule has 0 saturated heterocycles. The third-order valence-corrected chi connectivity index (χ3v) is 13.6. The van der Waals surface area contributed by atoms with E-state index in [1.807, 2.05) is 12.4 Å². The van der Waals surface area contributed by atoms with Crippen LogP contribution in [0.25, 0.3) is 0 Å². The summed E-state index contributed by atoms with van der Waals surface area (Å²) in [6, 6.07) is 0. The number of nitrogens with zero attached hydrogens (tertiary/aromatic N) is 2. The minimum absolute atomic E-state index is 0.0250. The molecule has 4 nitrogen and oxygen atoms in total. The average molecular weight is 491 g/mol. The Balaban J connectivity index is 1.44. The molecule has 0 bridgehead atoms. The van der Waals surface area contributed by atoms with Gasteiger partial charge in [-0.25, -0.2) is 0 Å². The Bertz CT molecular complexity index is 1130. The van der Waals surface area contributed by atoms with Crippen molar-refractivity contribution in [3.05, 3.63) is 35.9 Å². The zero-order valence-electron chi connectivity index (χ0n) is 23.4. The SMILES string of the molecule is C=C(C)[C@@H]1CC[C@]2(C(=O)O)CC[C@]3(C)[C@H](CC[C@@H]4[C@@]5(C)Cc6nccnc6C(C)(C)[C@@H]5CC[C@]43C)[C@@H]12. The number of carboxylic acids is 1. The lowest BCUT2D eigenvalue weighted by molar-refractivity contribution is -0.228. The molecule has 196 valence electrons. The summed E-state index contributed by atoms with van der Waals surface area (Å²) in [4.78, 5) is 22.6. The smallest absolute Gasteiger partial charge is 0.309 e. The Morgan fingerprint density at radius 3 is 2.33 bits per heavy atom. The van der Waals surface area contributed by atoms with Crippen molar-refractivity contribution in [3.8, 4) is 0 Å². The van der Waals surface area contributed by atoms with Gasteiger partial charge in [0.1, 0.15) is 0 Å². The first-order valence-corrected chi connectivity index (χ1v) is 14.5. The summed E-state index contributed by atoms with van der Waals surface area (Å²) in [5.74, 6) is 1.75. The zero-order chi connectivity index (χ0) is 25.9. The normalized spacial score (nSPS) is 48.6. The molecular formula is C32H46N2O2. The number of allylic oxidation sites excluding steroid dienone is 1. The molecule has 0 amide bonds. The van der Waals surface area contributed by atoms with Gasteiger partial charge in [-0.2, -0.15) is 0 Å². The van der Waals surface area contributed by atoms with Crippen LogP contribution in [0, 0.1) is 51.2 Å². The first kappa shape index (κ1) is 24.6. The van der Waals surface area contributed by atoms with E-state index in [-0.39, 0.29) is 27.6 Å². The van der Waals surface area contributed by atoms with Gasteiger partial charge in [0.15, 0.2) is 0 Å². The zero-order valence-corrected chi connectivity index (χ0v) is 23.4. The maximum atomic E-state index is 12.9. The third-order valence-electron chi connectivity index (χ3n) is 13.6. The van der Waals surface area contributed by atoms with Crippen LogP contribution in [-0.2, 0) is 16.6 Å². The van der Waals surface area contributed by atoms with E-state index in [9.17, 15) is 9.90 Å². The van der Waals surface area contributed by atoms with Crippen LogP contribution in [0.3, 0.4) is 0 Å². The highest BCUT2D eigenvalue weighted by Crippen LogP contribution is 2.77. The Labute approximate surface area is 217 Å². The molecule has 9 atom stereocenters. The summed E-state index contributed by atoms with van der Waals surface area (Å²) >= 11 is 0. The van der Waals surface area contributed by atoms with E-state index in [0.29, 0.717) is 23.7 Å². The van der Waals surface area contributed by atoms with Crippen molar-refractivity contribution in [1.82, 2.24) is 9.97 Å². The Kier molecular flexibility index (Phi) is 5.09. The first-order chi connectivity index (χ1) is 16.8. The first-order valence-electron chi connectivity index (χ1n) is 14.5. The molecule has 4 heteroatoms. The molecule has 4 fully saturated rings. The Hall–Kier alpha value is -1.71. The molecule has 5 aliphatic rings. The van der Waals surface area contributed by atoms with Gasteiger partial charge >= 0.3 is 5.97 Å². The summed E-state index contributed by atoms with van der Waals surface area (Å²) in [5, 5.41) is 10.6. The van der Waals surface area contributed by atoms with E-state index in [4.69, 9.17) is 9.97 Å². The number of aromatic nitrogens is 2. The van der Waals surface area contributed by atoms with Crippen molar-refractivity contribution in [1.29, 1.82) is 0 Å². The summed E-state index contributed by atoms with van der Waals surface area (Å²) in [5.41, 5.74) is 3.69. The number of hydrogen-bond donors (Lipinski definition) is 1. The predicted octanol–water partition coefficient (Wildman–Crippen LogP) is 7.23. The van der Waals surface area contributed by atoms with Crippen molar-refractivity contribution >= 4 is 5.97 Å². The standard InChI is InChI=1S/C32H46N2O2/c1-19(2)20-10-13-32(27(35)36)15-14-30(6)21(25(20)32)8-9-24-29(5)18-22-26(34-17-16-33-22)28(3,4)23(29)11-12-31(24,30)7/h16-17,20-21,23-25H,1,8-15,18H2,2-7H3,(H,35,36)/t20-,21+,23-,24+,25+,29-,30+,31+,32-/m0/s1. The van der Waals surface area contributed by atoms with Gasteiger partial charge in [-0.1, -0.05) is 46.8 Å². The molecule has 0 radical (unpaired) electrons. The second kappa shape index (κ2) is 7.44. The molecule has 0 aromatic carbocycles. The molecule has 1 N–H and O–H groups in total. The van der Waals surface area contributed by atoms with E-state index in [0.717, 1.165) is 38.5 Å². The second-order valence-electron chi connectivity index (χ2n) is 14.9. The molecule has 5 aliphatic carbocycles. The monoisotopic (exact) mass is 490 g/mol. The summed E-state index contributed by atoms with van der Waals surface area (Å²) in [7, 11) is 0. The van der Waals surface area contributed by atoms with Crippen LogP contribution in [0.15, 0.2) is 24.5 Å². The fourth-order valence-electron chi connectivity index (χ4n) is 11.9. The maximum absolute atomic E-state index is 12.9. The minimum atomic E-state index is -0.542. The van der Waals surface area contributed by atoms with Crippen molar-refractivity contribution in [2.24, 2.45) is 51.2 Å². The van der Waals surface area contributed by atoms with Gasteiger partial charge in [0.25, 0.3) is 0 Å². The lowest BCUT2D eigenvalue weighted by atomic mass is 9.32. The fraction of sp³-hybridized carbons (Fsp3) is 0.781. The summed E-state index contributed by atoms with van der Waals surface area (Å²) < 4.78 is 0. The lowest BCUT2D eigenvalue weighted by Gasteiger charge is -2.72. The van der Waals surface area contributed by atoms with Gasteiger partial charge in [0, 0.05) is 17.8 Å². The van der Waals surface area contributed by atoms with Gasteiger partial charge in [-0.3, -0.25) is 14.8 Å². The van der Waals surface area contributed by atoms with Crippen molar-refractivity contribution in [3.63, 3.8) is 0 Å². The summed E-state index contributed by atoms with van der Waals surface area (Å²) in [6.45, 7) is 19.1. The molecule has 0 aliphatic heterocycles. The number of carboxylic acid groups (broad SMARTS) is 1. The molecule has 36 heavy (non-hydrogen) atoms. The van der Waals surface area contributed by atoms with Crippen molar-refractivity contribution in [2.75, 3.05) is 0 Å². The predicted molar refractivity (Wildman–Crippen MR) is 142 cm³/mol. The number of aliphatic carboxylic acids is 1. The average Bonchev–Trinajstić information content (AvgIpc) is 3.21. The van der Waals surface area contributed by atoms with Gasteiger partial charge in [-0.15, -0.1) is 0 Å². The molecular weight excluding hydrogens is 444 g/mol. The van der Waals surface area contributed by atoms with Crippen LogP contribution >= 0.6 is 0 Å². The largest absolute Gasteiger partial charge is 0.481 e. The highest BCUT2D eigenvalue weighted by atomic mass is 16.4. The van der Waals surface area contributed by atoms with E-state index in [1.54, 1.807) is 0 Å². The lowest BCUT2D eigenvalue weighted by Crippen LogP contribution is -2.67. The van der Waals surface area contributed by atoms with Crippen LogP contribution in [0.2, 0.25) is 0 Å². The maximum Gasteiger partial charge on any atom is 0.309 e. The number of hydrogen-bond acceptors (Lipinski definition) is 3. The van der Waals surface area contributed by atoms with Crippen LogP contribution in [0.5, 0.6) is 0 Å². The van der Waals surface area contributed by atoms with Crippen LogP contribution in [0.1, 0.15) is 104 Å². The third kappa shape index (κ3) is 2.75. The number of rotatable bonds is 2. The van der Waals surface area contributed by atoms with Crippen molar-refractivity contribution < 1.29 is 9.90 Å². The topological polar surface area (TPSA) is 63.1 Å². The van der Waals surface area contributed by atoms with Crippen LogP contribution in [-0.4, -0.2) is 21.0 Å². The molecule has 1 aromatic rings. The van der Waals surface area contributed by atoms with Crippen LogP contribution in [0.4, 0.5) is 0 Å². The van der Waals surface area contributed by atoms with Gasteiger partial charge in [0.2, 0.25) is 0 Å². The quantitative estimate of drug-likeness (QED) is 0.444. The second-order valence-corrected chi connectivity index (χ2v) is 14.9. The highest BCUT2D eigenvalue weighted by Gasteiger charge is 2.72. The molecule has 0 spiro atoms. The number of fused-ring (bicyclic) bond motifs is 8. The fourth-order valence-corrected chi connectivity index (χ4v) is 11.9. The molecule has 0 unspecified atom stereocenters. The summed E-state index contributed by atoms with van der Waals surface area (Å²) in [6.07, 6.45) is 13.4. The molecule has 1 heterocycles. The van der Waals surface area contributed by atoms with E-state index >= 15 is 0 Å². The Morgan fingerprint density at radius 2 is 1.64 bits per heavy atom. The van der Waals surface area contributed by atoms with Crippen LogP contribution < -0.4 is 0 Å². The van der Waals surface area contributed by atoms with E-state index in [1.165, 1.54) is 36.2 Å². The van der Waals surface area contributed by atoms with E-state index in [2.05, 4.69) is 48.1 Å². The highest BCUT2D eigenvalue weighted by molar-refractivity contribution is 5.76. The minimum Gasteiger partial charge on any atom is -0.481 e. The Morgan fingerprint density at radius 1 is 0.917 bits per heavy atom. The number of carbonyl (C=O) groups is 1. The molecule has 1 aromatic heterocycles. The van der Waals surface area contributed by atoms with E-state index < -0.39 is 11.4 Å². The van der Waals surface area contributed by atoms with Gasteiger partial charge in [-0.05, 0) is 111 Å². The van der Waals surface area contributed by atoms with Crippen molar-refractivity contribution in [2.45, 2.75) is 105 Å². The van der Waals surface area contributed by atoms with Gasteiger partial charge < -0.3 is 5.11 Å².